The molecule has 0 saturated carbocycles. The maximum Gasteiger partial charge on any atom is 0.0430 e. The van der Waals surface area contributed by atoms with Gasteiger partial charge in [-0.3, -0.25) is 0 Å². The molecule has 102 valence electrons. The number of hydrogen-bond donors (Lipinski definition) is 0. The highest BCUT2D eigenvalue weighted by Crippen LogP contribution is 2.48. The van der Waals surface area contributed by atoms with Gasteiger partial charge in [0, 0.05) is 15.1 Å². The van der Waals surface area contributed by atoms with E-state index in [4.69, 9.17) is 0 Å². The van der Waals surface area contributed by atoms with Crippen LogP contribution in [0.4, 0.5) is 0 Å². The van der Waals surface area contributed by atoms with Crippen molar-refractivity contribution >= 4 is 27.7 Å². The molecule has 20 heavy (non-hydrogen) atoms. The molecule has 0 bridgehead atoms. The molecule has 0 N–H and O–H groups in total. The van der Waals surface area contributed by atoms with Gasteiger partial charge in [0.1, 0.15) is 0 Å². The Morgan fingerprint density at radius 1 is 1.05 bits per heavy atom. The molecule has 3 rings (SSSR count). The van der Waals surface area contributed by atoms with Crippen LogP contribution < -0.4 is 0 Å². The van der Waals surface area contributed by atoms with E-state index < -0.39 is 0 Å². The molecule has 1 aliphatic rings. The van der Waals surface area contributed by atoms with Crippen LogP contribution in [0, 0.1) is 0 Å². The molecule has 0 saturated heterocycles. The van der Waals surface area contributed by atoms with Gasteiger partial charge in [-0.05, 0) is 42.0 Å². The molecule has 0 aromatic heterocycles. The summed E-state index contributed by atoms with van der Waals surface area (Å²) >= 11 is 5.44. The summed E-state index contributed by atoms with van der Waals surface area (Å²) in [7, 11) is 0. The Morgan fingerprint density at radius 2 is 1.75 bits per heavy atom. The van der Waals surface area contributed by atoms with Crippen LogP contribution >= 0.6 is 27.7 Å². The molecule has 0 nitrogen and oxygen atoms in total. The zero-order valence-corrected chi connectivity index (χ0v) is 13.8. The number of allylic oxidation sites excluding steroid dienone is 1. The maximum absolute atomic E-state index is 3.51. The lowest BCUT2D eigenvalue weighted by atomic mass is 9.85. The summed E-state index contributed by atoms with van der Waals surface area (Å²) in [6, 6.07) is 19.5. The van der Waals surface area contributed by atoms with Gasteiger partial charge in [0.05, 0.1) is 0 Å². The predicted octanol–water partition coefficient (Wildman–Crippen LogP) is 6.10. The molecule has 0 spiro atoms. The van der Waals surface area contributed by atoms with Crippen molar-refractivity contribution in [1.29, 1.82) is 0 Å². The van der Waals surface area contributed by atoms with E-state index in [0.717, 1.165) is 10.9 Å². The Bertz CT molecular complexity index is 603. The first-order chi connectivity index (χ1) is 9.67. The average molecular weight is 345 g/mol. The number of rotatable bonds is 2. The average Bonchev–Trinajstić information content (AvgIpc) is 2.49. The smallest absolute Gasteiger partial charge is 0.0430 e. The monoisotopic (exact) mass is 344 g/mol. The zero-order valence-electron chi connectivity index (χ0n) is 11.4. The molecule has 2 aromatic carbocycles. The predicted molar refractivity (Wildman–Crippen MR) is 92.0 cm³/mol. The highest BCUT2D eigenvalue weighted by atomic mass is 79.9. The van der Waals surface area contributed by atoms with Crippen LogP contribution in [-0.2, 0) is 4.75 Å². The normalized spacial score (nSPS) is 25.6. The van der Waals surface area contributed by atoms with Crippen molar-refractivity contribution in [2.45, 2.75) is 24.0 Å². The minimum atomic E-state index is 0.149. The molecule has 0 amide bonds. The topological polar surface area (TPSA) is 0 Å². The van der Waals surface area contributed by atoms with Crippen molar-refractivity contribution in [1.82, 2.24) is 0 Å². The maximum atomic E-state index is 3.51. The first kappa shape index (κ1) is 14.0. The van der Waals surface area contributed by atoms with E-state index in [1.165, 1.54) is 11.1 Å². The van der Waals surface area contributed by atoms with E-state index in [-0.39, 0.29) is 4.75 Å². The molecule has 2 heteroatoms. The van der Waals surface area contributed by atoms with Gasteiger partial charge in [-0.2, -0.15) is 0 Å². The number of thioether (sulfide) groups is 1. The molecule has 0 radical (unpaired) electrons. The lowest BCUT2D eigenvalue weighted by Gasteiger charge is -2.35. The minimum Gasteiger partial charge on any atom is -0.123 e. The second kappa shape index (κ2) is 5.79. The van der Waals surface area contributed by atoms with Crippen LogP contribution in [0.25, 0.3) is 0 Å². The molecule has 2 atom stereocenters. The lowest BCUT2D eigenvalue weighted by Crippen LogP contribution is -2.22. The molecule has 1 heterocycles. The summed E-state index contributed by atoms with van der Waals surface area (Å²) in [6.45, 7) is 2.35. The summed E-state index contributed by atoms with van der Waals surface area (Å²) in [5.41, 5.74) is 2.81. The molecule has 0 fully saturated rings. The first-order valence-electron chi connectivity index (χ1n) is 6.83. The van der Waals surface area contributed by atoms with E-state index in [9.17, 15) is 0 Å². The lowest BCUT2D eigenvalue weighted by molar-refractivity contribution is 0.575. The highest BCUT2D eigenvalue weighted by molar-refractivity contribution is 9.10. The van der Waals surface area contributed by atoms with Crippen molar-refractivity contribution in [3.05, 3.63) is 81.7 Å². The van der Waals surface area contributed by atoms with E-state index >= 15 is 0 Å². The summed E-state index contributed by atoms with van der Waals surface area (Å²) in [6.07, 6.45) is 3.47. The molecule has 0 unspecified atom stereocenters. The van der Waals surface area contributed by atoms with Gasteiger partial charge in [0.15, 0.2) is 0 Å². The van der Waals surface area contributed by atoms with Gasteiger partial charge in [0.25, 0.3) is 0 Å². The van der Waals surface area contributed by atoms with Crippen LogP contribution in [-0.4, -0.2) is 0 Å². The summed E-state index contributed by atoms with van der Waals surface area (Å²) in [4.78, 5) is 0. The minimum absolute atomic E-state index is 0.149. The number of hydrogen-bond acceptors (Lipinski definition) is 1. The van der Waals surface area contributed by atoms with Crippen LogP contribution in [0.3, 0.4) is 0 Å². The standard InChI is InChI=1S/C18H17BrS/c1-18(16-7-9-17(19)10-8-16)13-15(11-12-20-18)14-5-3-2-4-6-14/h2-12,15H,13H2,1H3/t15-,18+/m1/s1. The van der Waals surface area contributed by atoms with Gasteiger partial charge >= 0.3 is 0 Å². The molecule has 2 aromatic rings. The van der Waals surface area contributed by atoms with Gasteiger partial charge in [-0.15, -0.1) is 11.8 Å². The fraction of sp³-hybridized carbons (Fsp3) is 0.222. The quantitative estimate of drug-likeness (QED) is 0.634. The van der Waals surface area contributed by atoms with Crippen molar-refractivity contribution in [2.75, 3.05) is 0 Å². The molecular formula is C18H17BrS. The third kappa shape index (κ3) is 2.87. The van der Waals surface area contributed by atoms with Crippen molar-refractivity contribution in [3.63, 3.8) is 0 Å². The Morgan fingerprint density at radius 3 is 2.45 bits per heavy atom. The van der Waals surface area contributed by atoms with E-state index in [0.29, 0.717) is 5.92 Å². The highest BCUT2D eigenvalue weighted by Gasteiger charge is 2.32. The first-order valence-corrected chi connectivity index (χ1v) is 8.50. The van der Waals surface area contributed by atoms with Crippen LogP contribution in [0.5, 0.6) is 0 Å². The van der Waals surface area contributed by atoms with Gasteiger partial charge in [0.2, 0.25) is 0 Å². The Hall–Kier alpha value is -0.990. The van der Waals surface area contributed by atoms with Crippen LogP contribution in [0.1, 0.15) is 30.4 Å². The number of halogens is 1. The zero-order chi connectivity index (χ0) is 14.0. The Kier molecular flexibility index (Phi) is 4.04. The fourth-order valence-corrected chi connectivity index (χ4v) is 4.12. The Balaban J connectivity index is 1.89. The summed E-state index contributed by atoms with van der Waals surface area (Å²) < 4.78 is 1.29. The van der Waals surface area contributed by atoms with Gasteiger partial charge < -0.3 is 0 Å². The van der Waals surface area contributed by atoms with Crippen LogP contribution in [0.2, 0.25) is 0 Å². The number of benzene rings is 2. The van der Waals surface area contributed by atoms with Crippen molar-refractivity contribution in [2.24, 2.45) is 0 Å². The van der Waals surface area contributed by atoms with E-state index in [2.05, 4.69) is 88.9 Å². The Labute approximate surface area is 133 Å². The largest absolute Gasteiger partial charge is 0.123 e. The molecule has 0 aliphatic carbocycles. The van der Waals surface area contributed by atoms with E-state index in [1.54, 1.807) is 0 Å². The summed E-state index contributed by atoms with van der Waals surface area (Å²) in [5.74, 6) is 0.506. The fourth-order valence-electron chi connectivity index (χ4n) is 2.74. The summed E-state index contributed by atoms with van der Waals surface area (Å²) in [5, 5.41) is 2.27. The van der Waals surface area contributed by atoms with Crippen molar-refractivity contribution in [3.8, 4) is 0 Å². The molecule has 1 aliphatic heterocycles. The SMILES string of the molecule is C[C@@]1(c2ccc(Br)cc2)C[C@H](c2ccccc2)C=CS1. The van der Waals surface area contributed by atoms with Gasteiger partial charge in [-0.25, -0.2) is 0 Å². The second-order valence-electron chi connectivity index (χ2n) is 5.41. The van der Waals surface area contributed by atoms with Gasteiger partial charge in [-0.1, -0.05) is 64.5 Å². The second-order valence-corrected chi connectivity index (χ2v) is 7.73. The third-order valence-corrected chi connectivity index (χ3v) is 5.68. The third-order valence-electron chi connectivity index (χ3n) is 3.93. The van der Waals surface area contributed by atoms with Crippen LogP contribution in [0.15, 0.2) is 70.6 Å². The molecular weight excluding hydrogens is 328 g/mol. The van der Waals surface area contributed by atoms with Crippen molar-refractivity contribution < 1.29 is 0 Å². The van der Waals surface area contributed by atoms with E-state index in [1.807, 2.05) is 11.8 Å².